The van der Waals surface area contributed by atoms with Crippen LogP contribution < -0.4 is 19.1 Å². The predicted octanol–water partition coefficient (Wildman–Crippen LogP) is 4.74. The second-order valence-corrected chi connectivity index (χ2v) is 7.91. The van der Waals surface area contributed by atoms with E-state index in [1.165, 1.54) is 17.3 Å². The minimum absolute atomic E-state index is 0.157. The van der Waals surface area contributed by atoms with E-state index in [1.54, 1.807) is 44.4 Å². The van der Waals surface area contributed by atoms with E-state index in [1.807, 2.05) is 32.0 Å². The molecule has 1 amide bonds. The van der Waals surface area contributed by atoms with Crippen LogP contribution in [0.5, 0.6) is 17.2 Å². The van der Waals surface area contributed by atoms with Gasteiger partial charge in [-0.2, -0.15) is 0 Å². The van der Waals surface area contributed by atoms with Crippen LogP contribution in [0.4, 0.5) is 5.69 Å². The number of rotatable bonds is 5. The summed E-state index contributed by atoms with van der Waals surface area (Å²) in [4.78, 5) is 15.1. The summed E-state index contributed by atoms with van der Waals surface area (Å²) in [6.07, 6.45) is 1.77. The average molecular weight is 416 g/mol. The van der Waals surface area contributed by atoms with Gasteiger partial charge in [-0.15, -0.1) is 0 Å². The molecule has 0 spiro atoms. The number of aryl methyl sites for hydroxylation is 2. The van der Waals surface area contributed by atoms with Crippen molar-refractivity contribution >= 4 is 46.0 Å². The molecule has 0 saturated carbocycles. The van der Waals surface area contributed by atoms with E-state index in [-0.39, 0.29) is 5.91 Å². The van der Waals surface area contributed by atoms with Gasteiger partial charge in [-0.25, -0.2) is 0 Å². The van der Waals surface area contributed by atoms with Gasteiger partial charge in [-0.1, -0.05) is 30.0 Å². The number of hydrogen-bond donors (Lipinski definition) is 0. The molecule has 2 aromatic carbocycles. The van der Waals surface area contributed by atoms with Crippen molar-refractivity contribution in [1.29, 1.82) is 0 Å². The van der Waals surface area contributed by atoms with Gasteiger partial charge in [0, 0.05) is 11.6 Å². The van der Waals surface area contributed by atoms with E-state index in [2.05, 4.69) is 0 Å². The van der Waals surface area contributed by atoms with Crippen LogP contribution in [0.15, 0.2) is 35.2 Å². The van der Waals surface area contributed by atoms with Crippen molar-refractivity contribution in [2.75, 3.05) is 26.2 Å². The first-order valence-electron chi connectivity index (χ1n) is 8.54. The van der Waals surface area contributed by atoms with Crippen LogP contribution in [0.25, 0.3) is 6.08 Å². The molecule has 0 radical (unpaired) electrons. The van der Waals surface area contributed by atoms with E-state index in [9.17, 15) is 4.79 Å². The highest BCUT2D eigenvalue weighted by Crippen LogP contribution is 2.40. The van der Waals surface area contributed by atoms with Gasteiger partial charge < -0.3 is 14.2 Å². The number of thiocarbonyl (C=S) groups is 1. The first kappa shape index (κ1) is 20.2. The van der Waals surface area contributed by atoms with Gasteiger partial charge in [-0.3, -0.25) is 9.69 Å². The normalized spacial score (nSPS) is 15.3. The predicted molar refractivity (Wildman–Crippen MR) is 118 cm³/mol. The molecule has 0 atom stereocenters. The Kier molecular flexibility index (Phi) is 5.96. The molecule has 1 aliphatic heterocycles. The Morgan fingerprint density at radius 2 is 1.57 bits per heavy atom. The largest absolute Gasteiger partial charge is 0.496 e. The van der Waals surface area contributed by atoms with Gasteiger partial charge in [0.2, 0.25) is 0 Å². The zero-order chi connectivity index (χ0) is 20.4. The van der Waals surface area contributed by atoms with Crippen LogP contribution >= 0.6 is 24.0 Å². The topological polar surface area (TPSA) is 48.0 Å². The molecular weight excluding hydrogens is 394 g/mol. The van der Waals surface area contributed by atoms with Gasteiger partial charge >= 0.3 is 0 Å². The molecule has 0 aliphatic carbocycles. The van der Waals surface area contributed by atoms with Crippen molar-refractivity contribution in [1.82, 2.24) is 0 Å². The summed E-state index contributed by atoms with van der Waals surface area (Å²) in [6.45, 7) is 4.05. The van der Waals surface area contributed by atoms with Gasteiger partial charge in [0.1, 0.15) is 5.75 Å². The van der Waals surface area contributed by atoms with Gasteiger partial charge in [0.15, 0.2) is 15.8 Å². The minimum Gasteiger partial charge on any atom is -0.496 e. The van der Waals surface area contributed by atoms with Gasteiger partial charge in [0.05, 0.1) is 31.9 Å². The van der Waals surface area contributed by atoms with E-state index >= 15 is 0 Å². The first-order valence-corrected chi connectivity index (χ1v) is 9.77. The molecule has 1 fully saturated rings. The fourth-order valence-electron chi connectivity index (χ4n) is 2.86. The number of anilines is 1. The van der Waals surface area contributed by atoms with Gasteiger partial charge in [0.25, 0.3) is 5.91 Å². The lowest BCUT2D eigenvalue weighted by Gasteiger charge is -2.16. The number of benzene rings is 2. The number of carbonyl (C=O) groups is 1. The van der Waals surface area contributed by atoms with Crippen LogP contribution in [-0.2, 0) is 4.79 Å². The molecule has 1 aliphatic rings. The monoisotopic (exact) mass is 415 g/mol. The molecule has 146 valence electrons. The zero-order valence-electron chi connectivity index (χ0n) is 16.4. The highest BCUT2D eigenvalue weighted by molar-refractivity contribution is 8.27. The van der Waals surface area contributed by atoms with Crippen LogP contribution in [0, 0.1) is 13.8 Å². The third kappa shape index (κ3) is 3.72. The fraction of sp³-hybridized carbons (Fsp3) is 0.238. The summed E-state index contributed by atoms with van der Waals surface area (Å²) in [5.41, 5.74) is 3.76. The molecule has 0 N–H and O–H groups in total. The molecule has 1 heterocycles. The van der Waals surface area contributed by atoms with E-state index in [0.717, 1.165) is 11.3 Å². The number of hydrogen-bond acceptors (Lipinski definition) is 6. The quantitative estimate of drug-likeness (QED) is 0.520. The van der Waals surface area contributed by atoms with Gasteiger partial charge in [-0.05, 0) is 49.2 Å². The highest BCUT2D eigenvalue weighted by atomic mass is 32.2. The zero-order valence-corrected chi connectivity index (χ0v) is 18.0. The van der Waals surface area contributed by atoms with E-state index < -0.39 is 0 Å². The number of carbonyl (C=O) groups excluding carboxylic acids is 1. The van der Waals surface area contributed by atoms with Crippen molar-refractivity contribution in [2.24, 2.45) is 0 Å². The Hall–Kier alpha value is -2.51. The molecule has 0 bridgehead atoms. The lowest BCUT2D eigenvalue weighted by atomic mass is 10.1. The molecule has 0 aromatic heterocycles. The van der Waals surface area contributed by atoms with E-state index in [0.29, 0.717) is 32.0 Å². The summed E-state index contributed by atoms with van der Waals surface area (Å²) in [5, 5.41) is 0. The SMILES string of the molecule is COc1cc(OC)c(OC)cc1C=C1SC(=S)N(c2ccc(C)c(C)c2)C1=O. The van der Waals surface area contributed by atoms with Crippen molar-refractivity contribution < 1.29 is 19.0 Å². The van der Waals surface area contributed by atoms with Crippen molar-refractivity contribution in [3.63, 3.8) is 0 Å². The number of amides is 1. The smallest absolute Gasteiger partial charge is 0.270 e. The average Bonchev–Trinajstić information content (AvgIpc) is 2.96. The second-order valence-electron chi connectivity index (χ2n) is 6.23. The standard InChI is InChI=1S/C21H21NO4S2/c1-12-6-7-15(8-13(12)2)22-20(23)19(28-21(22)27)10-14-9-17(25-4)18(26-5)11-16(14)24-3/h6-11H,1-5H3. The van der Waals surface area contributed by atoms with Crippen molar-refractivity contribution in [3.05, 3.63) is 51.9 Å². The maximum absolute atomic E-state index is 13.0. The lowest BCUT2D eigenvalue weighted by Crippen LogP contribution is -2.27. The summed E-state index contributed by atoms with van der Waals surface area (Å²) < 4.78 is 16.6. The Morgan fingerprint density at radius 3 is 2.18 bits per heavy atom. The first-order chi connectivity index (χ1) is 13.4. The maximum Gasteiger partial charge on any atom is 0.270 e. The molecule has 28 heavy (non-hydrogen) atoms. The fourth-order valence-corrected chi connectivity index (χ4v) is 4.15. The second kappa shape index (κ2) is 8.24. The molecule has 1 saturated heterocycles. The summed E-state index contributed by atoms with van der Waals surface area (Å²) in [5.74, 6) is 1.53. The summed E-state index contributed by atoms with van der Waals surface area (Å²) in [6, 6.07) is 9.38. The van der Waals surface area contributed by atoms with E-state index in [4.69, 9.17) is 26.4 Å². The summed E-state index contributed by atoms with van der Waals surface area (Å²) >= 11 is 6.74. The van der Waals surface area contributed by atoms with Crippen LogP contribution in [-0.4, -0.2) is 31.6 Å². The Labute approximate surface area is 174 Å². The molecule has 0 unspecified atom stereocenters. The maximum atomic E-state index is 13.0. The number of ether oxygens (including phenoxy) is 3. The minimum atomic E-state index is -0.157. The third-order valence-electron chi connectivity index (χ3n) is 4.56. The number of methoxy groups -OCH3 is 3. The van der Waals surface area contributed by atoms with Crippen LogP contribution in [0.3, 0.4) is 0 Å². The lowest BCUT2D eigenvalue weighted by molar-refractivity contribution is -0.113. The molecular formula is C21H21NO4S2. The Morgan fingerprint density at radius 1 is 0.929 bits per heavy atom. The third-order valence-corrected chi connectivity index (χ3v) is 5.87. The number of thioether (sulfide) groups is 1. The van der Waals surface area contributed by atoms with Crippen molar-refractivity contribution in [3.8, 4) is 17.2 Å². The number of nitrogens with zero attached hydrogens (tertiary/aromatic N) is 1. The molecule has 3 rings (SSSR count). The van der Waals surface area contributed by atoms with Crippen molar-refractivity contribution in [2.45, 2.75) is 13.8 Å². The Balaban J connectivity index is 2.01. The molecule has 7 heteroatoms. The Bertz CT molecular complexity index is 985. The summed E-state index contributed by atoms with van der Waals surface area (Å²) in [7, 11) is 4.69. The van der Waals surface area contributed by atoms with Crippen LogP contribution in [0.1, 0.15) is 16.7 Å². The highest BCUT2D eigenvalue weighted by Gasteiger charge is 2.33. The molecule has 2 aromatic rings. The molecule has 5 nitrogen and oxygen atoms in total. The van der Waals surface area contributed by atoms with Crippen LogP contribution in [0.2, 0.25) is 0 Å².